The van der Waals surface area contributed by atoms with Crippen LogP contribution in [0.25, 0.3) is 0 Å². The molecule has 3 aromatic carbocycles. The Morgan fingerprint density at radius 1 is 0.914 bits per heavy atom. The summed E-state index contributed by atoms with van der Waals surface area (Å²) in [4.78, 5) is 12.5. The average Bonchev–Trinajstić information content (AvgIpc) is 2.82. The van der Waals surface area contributed by atoms with Crippen molar-refractivity contribution < 1.29 is 22.7 Å². The summed E-state index contributed by atoms with van der Waals surface area (Å²) in [5.74, 6) is 0.702. The SMILES string of the molecule is [B]c1cc(C(=O)NC(=S)Nc2ccc(S(=O)(=O)Nc3ccc(OCC)cc3)cc2)ccc1OCC. The number of nitrogens with one attached hydrogen (secondary N) is 3. The number of ether oxygens (including phenoxy) is 2. The van der Waals surface area contributed by atoms with E-state index >= 15 is 0 Å². The number of rotatable bonds is 9. The first-order valence-corrected chi connectivity index (χ1v) is 12.6. The maximum Gasteiger partial charge on any atom is 0.261 e. The molecule has 0 saturated heterocycles. The van der Waals surface area contributed by atoms with Crippen molar-refractivity contribution in [2.45, 2.75) is 18.7 Å². The maximum atomic E-state index is 12.7. The van der Waals surface area contributed by atoms with Crippen LogP contribution in [0.15, 0.2) is 71.6 Å². The van der Waals surface area contributed by atoms with Crippen LogP contribution >= 0.6 is 12.2 Å². The Bertz CT molecular complexity index is 1300. The molecule has 0 atom stereocenters. The maximum absolute atomic E-state index is 12.7. The van der Waals surface area contributed by atoms with E-state index in [2.05, 4.69) is 15.4 Å². The molecule has 2 radical (unpaired) electrons. The van der Waals surface area contributed by atoms with Crippen LogP contribution in [-0.4, -0.2) is 40.5 Å². The van der Waals surface area contributed by atoms with Gasteiger partial charge in [0.25, 0.3) is 15.9 Å². The molecule has 180 valence electrons. The van der Waals surface area contributed by atoms with E-state index in [9.17, 15) is 13.2 Å². The summed E-state index contributed by atoms with van der Waals surface area (Å²) in [5, 5.41) is 5.46. The van der Waals surface area contributed by atoms with Gasteiger partial charge in [0.05, 0.1) is 18.1 Å². The molecule has 0 aliphatic rings. The molecule has 0 bridgehead atoms. The third kappa shape index (κ3) is 7.21. The summed E-state index contributed by atoms with van der Waals surface area (Å²) in [7, 11) is 2.11. The molecule has 0 aromatic heterocycles. The van der Waals surface area contributed by atoms with E-state index in [-0.39, 0.29) is 10.0 Å². The lowest BCUT2D eigenvalue weighted by Crippen LogP contribution is -2.34. The van der Waals surface area contributed by atoms with Gasteiger partial charge in [0, 0.05) is 16.9 Å². The summed E-state index contributed by atoms with van der Waals surface area (Å²) >= 11 is 5.19. The summed E-state index contributed by atoms with van der Waals surface area (Å²) in [6.45, 7) is 4.69. The van der Waals surface area contributed by atoms with Gasteiger partial charge in [-0.25, -0.2) is 8.42 Å². The summed E-state index contributed by atoms with van der Waals surface area (Å²) < 4.78 is 38.6. The standard InChI is InChI=1S/C24H24BN3O5S2/c1-3-32-19-10-6-18(7-11-19)28-35(30,31)20-12-8-17(9-13-20)26-24(34)27-23(29)16-5-14-22(33-4-2)21(25)15-16/h5-15,28H,3-4H2,1-2H3,(H2,26,27,29,34). The molecule has 0 aliphatic heterocycles. The molecule has 11 heteroatoms. The highest BCUT2D eigenvalue weighted by molar-refractivity contribution is 7.92. The number of hydrogen-bond donors (Lipinski definition) is 3. The number of carbonyl (C=O) groups is 1. The fourth-order valence-corrected chi connectivity index (χ4v) is 4.30. The Balaban J connectivity index is 1.59. The van der Waals surface area contributed by atoms with Crippen LogP contribution in [-0.2, 0) is 10.0 Å². The molecule has 0 aliphatic carbocycles. The van der Waals surface area contributed by atoms with Crippen LogP contribution in [0.5, 0.6) is 11.5 Å². The predicted molar refractivity (Wildman–Crippen MR) is 142 cm³/mol. The third-order valence-corrected chi connectivity index (χ3v) is 6.24. The minimum absolute atomic E-state index is 0.0468. The van der Waals surface area contributed by atoms with Crippen LogP contribution in [0.3, 0.4) is 0 Å². The van der Waals surface area contributed by atoms with E-state index in [1.165, 1.54) is 18.2 Å². The lowest BCUT2D eigenvalue weighted by Gasteiger charge is -2.12. The third-order valence-electron chi connectivity index (χ3n) is 4.64. The summed E-state index contributed by atoms with van der Waals surface area (Å²) in [6.07, 6.45) is 0. The molecule has 0 spiro atoms. The Morgan fingerprint density at radius 3 is 2.14 bits per heavy atom. The fraction of sp³-hybridized carbons (Fsp3) is 0.167. The Hall–Kier alpha value is -3.57. The first kappa shape index (κ1) is 26.0. The molecular weight excluding hydrogens is 485 g/mol. The summed E-state index contributed by atoms with van der Waals surface area (Å²) in [5.41, 5.74) is 1.57. The second kappa shape index (κ2) is 11.7. The van der Waals surface area contributed by atoms with Gasteiger partial charge in [-0.1, -0.05) is 11.5 Å². The molecule has 0 saturated carbocycles. The molecule has 35 heavy (non-hydrogen) atoms. The Morgan fingerprint density at radius 2 is 1.54 bits per heavy atom. The first-order valence-electron chi connectivity index (χ1n) is 10.7. The zero-order valence-corrected chi connectivity index (χ0v) is 20.8. The largest absolute Gasteiger partial charge is 0.495 e. The highest BCUT2D eigenvalue weighted by Crippen LogP contribution is 2.21. The highest BCUT2D eigenvalue weighted by atomic mass is 32.2. The van der Waals surface area contributed by atoms with Crippen LogP contribution in [0.4, 0.5) is 11.4 Å². The fourth-order valence-electron chi connectivity index (χ4n) is 3.03. The second-order valence-electron chi connectivity index (χ2n) is 7.18. The van der Waals surface area contributed by atoms with Gasteiger partial charge in [0.15, 0.2) is 5.11 Å². The van der Waals surface area contributed by atoms with Crippen LogP contribution in [0, 0.1) is 0 Å². The van der Waals surface area contributed by atoms with Crippen molar-refractivity contribution in [2.24, 2.45) is 0 Å². The van der Waals surface area contributed by atoms with E-state index < -0.39 is 15.9 Å². The zero-order chi connectivity index (χ0) is 25.4. The van der Waals surface area contributed by atoms with Crippen LogP contribution in [0.2, 0.25) is 0 Å². The molecule has 0 unspecified atom stereocenters. The van der Waals surface area contributed by atoms with Gasteiger partial charge in [-0.05, 0) is 86.7 Å². The smallest absolute Gasteiger partial charge is 0.261 e. The minimum atomic E-state index is -3.79. The van der Waals surface area contributed by atoms with Crippen molar-refractivity contribution >= 4 is 57.9 Å². The first-order chi connectivity index (χ1) is 16.7. The average molecular weight is 509 g/mol. The van der Waals surface area contributed by atoms with Crippen LogP contribution < -0.4 is 30.3 Å². The van der Waals surface area contributed by atoms with Gasteiger partial charge in [0.1, 0.15) is 19.3 Å². The van der Waals surface area contributed by atoms with Gasteiger partial charge in [-0.2, -0.15) is 0 Å². The number of amides is 1. The van der Waals surface area contributed by atoms with Gasteiger partial charge in [-0.3, -0.25) is 14.8 Å². The van der Waals surface area contributed by atoms with Crippen molar-refractivity contribution in [1.82, 2.24) is 5.32 Å². The van der Waals surface area contributed by atoms with E-state index in [4.69, 9.17) is 29.5 Å². The Kier molecular flexibility index (Phi) is 8.72. The highest BCUT2D eigenvalue weighted by Gasteiger charge is 2.15. The van der Waals surface area contributed by atoms with Crippen molar-refractivity contribution in [2.75, 3.05) is 23.3 Å². The van der Waals surface area contributed by atoms with Gasteiger partial charge >= 0.3 is 0 Å². The van der Waals surface area contributed by atoms with Crippen molar-refractivity contribution in [3.63, 3.8) is 0 Å². The molecule has 3 N–H and O–H groups in total. The predicted octanol–water partition coefficient (Wildman–Crippen LogP) is 3.21. The monoisotopic (exact) mass is 509 g/mol. The van der Waals surface area contributed by atoms with E-state index in [0.29, 0.717) is 47.1 Å². The molecule has 3 aromatic rings. The number of benzene rings is 3. The number of hydrogen-bond acceptors (Lipinski definition) is 6. The second-order valence-corrected chi connectivity index (χ2v) is 9.27. The zero-order valence-electron chi connectivity index (χ0n) is 19.2. The number of sulfonamides is 1. The number of carbonyl (C=O) groups excluding carboxylic acids is 1. The van der Waals surface area contributed by atoms with Crippen LogP contribution in [0.1, 0.15) is 24.2 Å². The van der Waals surface area contributed by atoms with Gasteiger partial charge < -0.3 is 14.8 Å². The normalized spacial score (nSPS) is 10.8. The molecule has 0 heterocycles. The van der Waals surface area contributed by atoms with Gasteiger partial charge in [0.2, 0.25) is 0 Å². The number of anilines is 2. The quantitative estimate of drug-likeness (QED) is 0.301. The number of thiocarbonyl (C=S) groups is 1. The van der Waals surface area contributed by atoms with E-state index in [0.717, 1.165) is 0 Å². The topological polar surface area (TPSA) is 106 Å². The lowest BCUT2D eigenvalue weighted by molar-refractivity contribution is 0.0977. The van der Waals surface area contributed by atoms with Crippen molar-refractivity contribution in [3.05, 3.63) is 72.3 Å². The van der Waals surface area contributed by atoms with Crippen molar-refractivity contribution in [1.29, 1.82) is 0 Å². The molecular formula is C24H24BN3O5S2. The Labute approximate surface area is 211 Å². The molecule has 0 fully saturated rings. The van der Waals surface area contributed by atoms with E-state index in [1.807, 2.05) is 13.8 Å². The molecule has 3 rings (SSSR count). The van der Waals surface area contributed by atoms with Crippen molar-refractivity contribution in [3.8, 4) is 11.5 Å². The van der Waals surface area contributed by atoms with Gasteiger partial charge in [-0.15, -0.1) is 0 Å². The molecule has 1 amide bonds. The lowest BCUT2D eigenvalue weighted by atomic mass is 9.93. The molecule has 8 nitrogen and oxygen atoms in total. The summed E-state index contributed by atoms with van der Waals surface area (Å²) in [6, 6.07) is 17.3. The minimum Gasteiger partial charge on any atom is -0.495 e. The van der Waals surface area contributed by atoms with E-state index in [1.54, 1.807) is 48.5 Å².